The molecule has 0 fully saturated rings. The van der Waals surface area contributed by atoms with E-state index in [1.165, 1.54) is 40.1 Å². The molecule has 1 amide bonds. The molecule has 0 spiro atoms. The summed E-state index contributed by atoms with van der Waals surface area (Å²) in [6.07, 6.45) is 0.929. The molecule has 0 aliphatic heterocycles. The van der Waals surface area contributed by atoms with E-state index in [0.29, 0.717) is 4.34 Å². The van der Waals surface area contributed by atoms with Gasteiger partial charge >= 0.3 is 0 Å². The summed E-state index contributed by atoms with van der Waals surface area (Å²) >= 11 is 4.46. The van der Waals surface area contributed by atoms with E-state index in [1.807, 2.05) is 13.0 Å². The number of rotatable bonds is 10. The molecule has 0 radical (unpaired) electrons. The second kappa shape index (κ2) is 10.4. The highest BCUT2D eigenvalue weighted by atomic mass is 32.2. The van der Waals surface area contributed by atoms with Crippen molar-refractivity contribution < 1.29 is 13.2 Å². The summed E-state index contributed by atoms with van der Waals surface area (Å²) < 4.78 is 23.3. The van der Waals surface area contributed by atoms with Crippen molar-refractivity contribution in [2.45, 2.75) is 28.6 Å². The van der Waals surface area contributed by atoms with Gasteiger partial charge in [-0.15, -0.1) is 21.5 Å². The van der Waals surface area contributed by atoms with Crippen LogP contribution in [0.5, 0.6) is 0 Å². The largest absolute Gasteiger partial charge is 0.360 e. The topological polar surface area (TPSA) is 127 Å². The number of sulfonamides is 1. The molecule has 2 aromatic heterocycles. The Morgan fingerprint density at radius 1 is 1.23 bits per heavy atom. The first-order chi connectivity index (χ1) is 14.3. The Balaban J connectivity index is 1.42. The van der Waals surface area contributed by atoms with Crippen LogP contribution in [0, 0.1) is 0 Å². The second-order valence-electron chi connectivity index (χ2n) is 6.32. The summed E-state index contributed by atoms with van der Waals surface area (Å²) in [5, 5.41) is 22.2. The molecule has 4 N–H and O–H groups in total. The zero-order valence-corrected chi connectivity index (χ0v) is 19.3. The van der Waals surface area contributed by atoms with E-state index in [-0.39, 0.29) is 22.6 Å². The van der Waals surface area contributed by atoms with Gasteiger partial charge in [-0.2, -0.15) is 0 Å². The highest BCUT2D eigenvalue weighted by Crippen LogP contribution is 2.25. The van der Waals surface area contributed by atoms with Crippen molar-refractivity contribution in [3.8, 4) is 0 Å². The lowest BCUT2D eigenvalue weighted by molar-refractivity contribution is -0.119. The first kappa shape index (κ1) is 22.7. The molecule has 0 aliphatic carbocycles. The number of nitrogens with two attached hydrogens (primary N) is 1. The number of amides is 1. The fraction of sp³-hybridized carbons (Fsp3) is 0.278. The zero-order chi connectivity index (χ0) is 21.6. The van der Waals surface area contributed by atoms with E-state index in [2.05, 4.69) is 32.3 Å². The van der Waals surface area contributed by atoms with Crippen LogP contribution in [-0.2, 0) is 21.2 Å². The van der Waals surface area contributed by atoms with Gasteiger partial charge in [0, 0.05) is 11.4 Å². The third-order valence-corrected chi connectivity index (χ3v) is 7.93. The molecule has 0 saturated heterocycles. The van der Waals surface area contributed by atoms with Crippen molar-refractivity contribution in [1.29, 1.82) is 0 Å². The van der Waals surface area contributed by atoms with Gasteiger partial charge in [0.15, 0.2) is 4.34 Å². The van der Waals surface area contributed by atoms with Gasteiger partial charge in [-0.05, 0) is 42.5 Å². The third kappa shape index (κ3) is 6.77. The van der Waals surface area contributed by atoms with Crippen LogP contribution >= 0.6 is 34.4 Å². The minimum atomic E-state index is -3.73. The summed E-state index contributed by atoms with van der Waals surface area (Å²) in [5.74, 6) is 0.0640. The number of hydrogen-bond acceptors (Lipinski definition) is 9. The molecule has 2 heterocycles. The second-order valence-corrected chi connectivity index (χ2v) is 11.1. The lowest BCUT2D eigenvalue weighted by atomic mass is 10.1. The molecule has 3 aromatic rings. The number of carbonyl (C=O) groups excluding carboxylic acids is 1. The van der Waals surface area contributed by atoms with Gasteiger partial charge in [0.2, 0.25) is 21.1 Å². The van der Waals surface area contributed by atoms with E-state index in [0.717, 1.165) is 23.7 Å². The van der Waals surface area contributed by atoms with E-state index >= 15 is 0 Å². The molecule has 1 aromatic carbocycles. The number of anilines is 1. The normalized spacial score (nSPS) is 12.5. The Morgan fingerprint density at radius 3 is 2.67 bits per heavy atom. The average Bonchev–Trinajstić information content (AvgIpc) is 3.38. The predicted octanol–water partition coefficient (Wildman–Crippen LogP) is 2.87. The molecule has 0 aliphatic rings. The fourth-order valence-corrected chi connectivity index (χ4v) is 5.34. The van der Waals surface area contributed by atoms with Gasteiger partial charge in [0.1, 0.15) is 0 Å². The number of nitrogens with one attached hydrogen (secondary N) is 2. The highest BCUT2D eigenvalue weighted by molar-refractivity contribution is 8.01. The number of primary sulfonamides is 1. The van der Waals surface area contributed by atoms with Crippen LogP contribution in [0.1, 0.15) is 23.4 Å². The molecule has 0 bridgehead atoms. The van der Waals surface area contributed by atoms with Crippen LogP contribution in [-0.4, -0.2) is 36.8 Å². The van der Waals surface area contributed by atoms with Crippen molar-refractivity contribution in [3.63, 3.8) is 0 Å². The van der Waals surface area contributed by atoms with E-state index in [1.54, 1.807) is 23.5 Å². The van der Waals surface area contributed by atoms with E-state index in [9.17, 15) is 13.2 Å². The first-order valence-electron chi connectivity index (χ1n) is 8.96. The maximum absolute atomic E-state index is 12.2. The molecule has 8 nitrogen and oxygen atoms in total. The Morgan fingerprint density at radius 2 is 2.00 bits per heavy atom. The number of hydrogen-bond donors (Lipinski definition) is 3. The third-order valence-electron chi connectivity index (χ3n) is 4.05. The van der Waals surface area contributed by atoms with Crippen LogP contribution in [0.2, 0.25) is 0 Å². The van der Waals surface area contributed by atoms with E-state index < -0.39 is 10.0 Å². The zero-order valence-electron chi connectivity index (χ0n) is 16.1. The average molecular weight is 484 g/mol. The van der Waals surface area contributed by atoms with E-state index in [4.69, 9.17) is 5.14 Å². The van der Waals surface area contributed by atoms with Gasteiger partial charge < -0.3 is 10.6 Å². The standard InChI is InChI=1S/C18H21N5O3S4/c1-12(13-4-6-15(7-5-13)30(19,25)26)21-16(24)11-28-18-23-22-17(29-18)20-9-8-14-3-2-10-27-14/h2-7,10,12H,8-9,11H2,1H3,(H,20,22)(H,21,24)(H2,19,25,26). The smallest absolute Gasteiger partial charge is 0.238 e. The number of aromatic nitrogens is 2. The lowest BCUT2D eigenvalue weighted by Gasteiger charge is -2.14. The van der Waals surface area contributed by atoms with Gasteiger partial charge in [-0.25, -0.2) is 13.6 Å². The van der Waals surface area contributed by atoms with Crippen molar-refractivity contribution in [3.05, 3.63) is 52.2 Å². The molecular weight excluding hydrogens is 462 g/mol. The van der Waals surface area contributed by atoms with Gasteiger partial charge in [-0.3, -0.25) is 4.79 Å². The Kier molecular flexibility index (Phi) is 7.83. The summed E-state index contributed by atoms with van der Waals surface area (Å²) in [6.45, 7) is 2.61. The van der Waals surface area contributed by atoms with Crippen LogP contribution in [0.3, 0.4) is 0 Å². The Bertz CT molecular complexity index is 1070. The van der Waals surface area contributed by atoms with Crippen molar-refractivity contribution in [2.24, 2.45) is 5.14 Å². The summed E-state index contributed by atoms with van der Waals surface area (Å²) in [4.78, 5) is 13.6. The molecule has 3 rings (SSSR count). The number of thioether (sulfide) groups is 1. The summed E-state index contributed by atoms with van der Waals surface area (Å²) in [5.41, 5.74) is 0.786. The number of carbonyl (C=O) groups is 1. The number of thiophene rings is 1. The minimum absolute atomic E-state index is 0.0383. The SMILES string of the molecule is CC(NC(=O)CSc1nnc(NCCc2cccs2)s1)c1ccc(S(N)(=O)=O)cc1. The Hall–Kier alpha value is -1.99. The summed E-state index contributed by atoms with van der Waals surface area (Å²) in [6, 6.07) is 9.99. The lowest BCUT2D eigenvalue weighted by Crippen LogP contribution is -2.28. The van der Waals surface area contributed by atoms with Gasteiger partial charge in [-0.1, -0.05) is 41.3 Å². The molecule has 30 heavy (non-hydrogen) atoms. The van der Waals surface area contributed by atoms with Crippen LogP contribution < -0.4 is 15.8 Å². The monoisotopic (exact) mass is 483 g/mol. The van der Waals surface area contributed by atoms with Crippen LogP contribution in [0.15, 0.2) is 51.0 Å². The minimum Gasteiger partial charge on any atom is -0.360 e. The molecular formula is C18H21N5O3S4. The molecule has 1 unspecified atom stereocenters. The van der Waals surface area contributed by atoms with Crippen molar-refractivity contribution >= 4 is 55.5 Å². The van der Waals surface area contributed by atoms with Crippen molar-refractivity contribution in [1.82, 2.24) is 15.5 Å². The van der Waals surface area contributed by atoms with Crippen LogP contribution in [0.25, 0.3) is 0 Å². The van der Waals surface area contributed by atoms with Crippen molar-refractivity contribution in [2.75, 3.05) is 17.6 Å². The molecule has 1 atom stereocenters. The molecule has 160 valence electrons. The highest BCUT2D eigenvalue weighted by Gasteiger charge is 2.13. The molecule has 12 heteroatoms. The number of benzene rings is 1. The predicted molar refractivity (Wildman–Crippen MR) is 122 cm³/mol. The maximum atomic E-state index is 12.2. The summed E-state index contributed by atoms with van der Waals surface area (Å²) in [7, 11) is -3.73. The molecule has 0 saturated carbocycles. The van der Waals surface area contributed by atoms with Crippen LogP contribution in [0.4, 0.5) is 5.13 Å². The fourth-order valence-electron chi connectivity index (χ4n) is 2.53. The Labute approximate surface area is 187 Å². The quantitative estimate of drug-likeness (QED) is 0.378. The number of nitrogens with zero attached hydrogens (tertiary/aromatic N) is 2. The van der Waals surface area contributed by atoms with Gasteiger partial charge in [0.05, 0.1) is 16.7 Å². The van der Waals surface area contributed by atoms with Gasteiger partial charge in [0.25, 0.3) is 0 Å². The maximum Gasteiger partial charge on any atom is 0.238 e. The first-order valence-corrected chi connectivity index (χ1v) is 13.2.